The Hall–Kier alpha value is -3.91. The van der Waals surface area contributed by atoms with Crippen molar-refractivity contribution in [2.24, 2.45) is 0 Å². The molecule has 34 heavy (non-hydrogen) atoms. The molecule has 0 bridgehead atoms. The number of rotatable bonds is 6. The van der Waals surface area contributed by atoms with Gasteiger partial charge in [0.05, 0.1) is 43.2 Å². The lowest BCUT2D eigenvalue weighted by molar-refractivity contribution is -0.132. The minimum absolute atomic E-state index is 0.134. The van der Waals surface area contributed by atoms with Crippen LogP contribution in [0.5, 0.6) is 17.2 Å². The first-order valence-electron chi connectivity index (χ1n) is 10.2. The standard InChI is InChI=1S/C25H22ClNO7/c1-13-9-10-18(34-13)22-21(23(28)14-11-20(33-4)15(26)12-19(14)32-3)24(29)25(30)27(22)16-7-5-6-8-17(16)31-2/h5-12,22,28H,1-4H3/b23-21+. The highest BCUT2D eigenvalue weighted by atomic mass is 35.5. The molecule has 2 heterocycles. The highest BCUT2D eigenvalue weighted by molar-refractivity contribution is 6.52. The van der Waals surface area contributed by atoms with Gasteiger partial charge in [-0.3, -0.25) is 14.5 Å². The lowest BCUT2D eigenvalue weighted by Gasteiger charge is -2.25. The number of benzene rings is 2. The van der Waals surface area contributed by atoms with Gasteiger partial charge in [-0.05, 0) is 37.3 Å². The first kappa shape index (κ1) is 23.3. The zero-order valence-electron chi connectivity index (χ0n) is 18.9. The number of anilines is 1. The predicted octanol–water partition coefficient (Wildman–Crippen LogP) is 4.89. The minimum atomic E-state index is -1.06. The molecule has 1 N–H and O–H groups in total. The number of Topliss-reactive ketones (excluding diaryl/α,β-unsaturated/α-hetero) is 1. The first-order valence-corrected chi connectivity index (χ1v) is 10.6. The lowest BCUT2D eigenvalue weighted by Crippen LogP contribution is -2.29. The Balaban J connectivity index is 2.01. The van der Waals surface area contributed by atoms with E-state index in [1.807, 2.05) is 0 Å². The molecule has 9 heteroatoms. The number of para-hydroxylation sites is 2. The van der Waals surface area contributed by atoms with Crippen LogP contribution in [0.25, 0.3) is 5.76 Å². The van der Waals surface area contributed by atoms with E-state index < -0.39 is 23.5 Å². The largest absolute Gasteiger partial charge is 0.507 e. The summed E-state index contributed by atoms with van der Waals surface area (Å²) in [5.41, 5.74) is 0.314. The summed E-state index contributed by atoms with van der Waals surface area (Å²) in [4.78, 5) is 27.9. The number of methoxy groups -OCH3 is 3. The minimum Gasteiger partial charge on any atom is -0.507 e. The van der Waals surface area contributed by atoms with Crippen molar-refractivity contribution in [3.05, 3.63) is 76.2 Å². The van der Waals surface area contributed by atoms with Gasteiger partial charge in [0, 0.05) is 6.07 Å². The number of amides is 1. The number of aliphatic hydroxyl groups excluding tert-OH is 1. The van der Waals surface area contributed by atoms with Crippen molar-refractivity contribution in [1.82, 2.24) is 0 Å². The summed E-state index contributed by atoms with van der Waals surface area (Å²) in [7, 11) is 4.28. The van der Waals surface area contributed by atoms with Crippen molar-refractivity contribution in [3.8, 4) is 17.2 Å². The van der Waals surface area contributed by atoms with Crippen LogP contribution in [0, 0.1) is 6.92 Å². The predicted molar refractivity (Wildman–Crippen MR) is 126 cm³/mol. The molecule has 3 aromatic rings. The van der Waals surface area contributed by atoms with E-state index in [0.29, 0.717) is 23.0 Å². The maximum Gasteiger partial charge on any atom is 0.300 e. The van der Waals surface area contributed by atoms with Crippen molar-refractivity contribution in [1.29, 1.82) is 0 Å². The first-order chi connectivity index (χ1) is 16.3. The van der Waals surface area contributed by atoms with E-state index >= 15 is 0 Å². The van der Waals surface area contributed by atoms with Gasteiger partial charge in [0.1, 0.15) is 40.6 Å². The van der Waals surface area contributed by atoms with E-state index in [1.165, 1.54) is 38.4 Å². The van der Waals surface area contributed by atoms with Gasteiger partial charge in [-0.2, -0.15) is 0 Å². The number of carbonyl (C=O) groups excluding carboxylic acids is 2. The second-order valence-electron chi connectivity index (χ2n) is 7.48. The van der Waals surface area contributed by atoms with Crippen molar-refractivity contribution in [3.63, 3.8) is 0 Å². The van der Waals surface area contributed by atoms with Gasteiger partial charge in [0.25, 0.3) is 11.7 Å². The van der Waals surface area contributed by atoms with E-state index in [1.54, 1.807) is 43.3 Å². The third-order valence-corrected chi connectivity index (χ3v) is 5.84. The van der Waals surface area contributed by atoms with Crippen molar-refractivity contribution in [2.75, 3.05) is 26.2 Å². The maximum absolute atomic E-state index is 13.3. The average Bonchev–Trinajstić information content (AvgIpc) is 3.38. The number of nitrogens with zero attached hydrogens (tertiary/aromatic N) is 1. The molecule has 1 atom stereocenters. The van der Waals surface area contributed by atoms with Crippen LogP contribution in [0.1, 0.15) is 23.1 Å². The monoisotopic (exact) mass is 483 g/mol. The van der Waals surface area contributed by atoms with Gasteiger partial charge >= 0.3 is 0 Å². The molecule has 0 aliphatic carbocycles. The number of carbonyl (C=O) groups is 2. The van der Waals surface area contributed by atoms with Gasteiger partial charge in [-0.15, -0.1) is 0 Å². The van der Waals surface area contributed by atoms with Gasteiger partial charge in [0.15, 0.2) is 0 Å². The van der Waals surface area contributed by atoms with Crippen molar-refractivity contribution >= 4 is 34.7 Å². The molecule has 1 aromatic heterocycles. The molecule has 8 nitrogen and oxygen atoms in total. The summed E-state index contributed by atoms with van der Waals surface area (Å²) in [6, 6.07) is 12.0. The topological polar surface area (TPSA) is 98.4 Å². The molecule has 0 spiro atoms. The number of ketones is 1. The summed E-state index contributed by atoms with van der Waals surface area (Å²) in [5, 5.41) is 11.6. The van der Waals surface area contributed by atoms with E-state index in [9.17, 15) is 14.7 Å². The zero-order chi connectivity index (χ0) is 24.6. The Labute approximate surface area is 200 Å². The van der Waals surface area contributed by atoms with Gasteiger partial charge < -0.3 is 23.7 Å². The molecule has 1 fully saturated rings. The van der Waals surface area contributed by atoms with E-state index in [4.69, 9.17) is 30.2 Å². The Morgan fingerprint density at radius 1 is 0.971 bits per heavy atom. The average molecular weight is 484 g/mol. The SMILES string of the molecule is COc1cc(/C(O)=C2\C(=O)C(=O)N(c3ccccc3OC)C2c2ccc(C)o2)c(OC)cc1Cl. The summed E-state index contributed by atoms with van der Waals surface area (Å²) in [6.07, 6.45) is 0. The normalized spacial score (nSPS) is 17.2. The van der Waals surface area contributed by atoms with Gasteiger partial charge in [-0.25, -0.2) is 0 Å². The van der Waals surface area contributed by atoms with E-state index in [0.717, 1.165) is 0 Å². The summed E-state index contributed by atoms with van der Waals surface area (Å²) in [6.45, 7) is 1.74. The maximum atomic E-state index is 13.3. The smallest absolute Gasteiger partial charge is 0.300 e. The summed E-state index contributed by atoms with van der Waals surface area (Å²) < 4.78 is 21.9. The summed E-state index contributed by atoms with van der Waals surface area (Å²) in [5.74, 6) is -0.488. The molecule has 176 valence electrons. The van der Waals surface area contributed by atoms with Gasteiger partial charge in [-0.1, -0.05) is 23.7 Å². The third-order valence-electron chi connectivity index (χ3n) is 5.55. The molecular weight excluding hydrogens is 462 g/mol. The molecule has 1 unspecified atom stereocenters. The van der Waals surface area contributed by atoms with Crippen molar-refractivity contribution in [2.45, 2.75) is 13.0 Å². The van der Waals surface area contributed by atoms with Crippen molar-refractivity contribution < 1.29 is 33.3 Å². The Morgan fingerprint density at radius 2 is 1.65 bits per heavy atom. The number of hydrogen-bond donors (Lipinski definition) is 1. The van der Waals surface area contributed by atoms with Crippen LogP contribution in [-0.2, 0) is 9.59 Å². The number of hydrogen-bond acceptors (Lipinski definition) is 7. The second kappa shape index (κ2) is 9.15. The molecule has 1 saturated heterocycles. The number of halogens is 1. The fraction of sp³-hybridized carbons (Fsp3) is 0.200. The van der Waals surface area contributed by atoms with E-state index in [-0.39, 0.29) is 27.7 Å². The molecule has 1 aliphatic heterocycles. The van der Waals surface area contributed by atoms with Crippen LogP contribution >= 0.6 is 11.6 Å². The fourth-order valence-electron chi connectivity index (χ4n) is 3.97. The highest BCUT2D eigenvalue weighted by Crippen LogP contribution is 2.46. The molecule has 4 rings (SSSR count). The fourth-order valence-corrected chi connectivity index (χ4v) is 4.20. The molecule has 1 amide bonds. The van der Waals surface area contributed by atoms with Crippen LogP contribution in [-0.4, -0.2) is 38.1 Å². The quantitative estimate of drug-likeness (QED) is 0.302. The number of furan rings is 1. The molecular formula is C25H22ClNO7. The zero-order valence-corrected chi connectivity index (χ0v) is 19.7. The van der Waals surface area contributed by atoms with Crippen LogP contribution in [0.3, 0.4) is 0 Å². The van der Waals surface area contributed by atoms with Crippen LogP contribution in [0.15, 0.2) is 58.5 Å². The molecule has 1 aliphatic rings. The Bertz CT molecular complexity index is 1310. The van der Waals surface area contributed by atoms with E-state index in [2.05, 4.69) is 0 Å². The lowest BCUT2D eigenvalue weighted by atomic mass is 9.98. The number of ether oxygens (including phenoxy) is 3. The Kier molecular flexibility index (Phi) is 6.26. The Morgan fingerprint density at radius 3 is 2.26 bits per heavy atom. The van der Waals surface area contributed by atoms with Crippen LogP contribution in [0.4, 0.5) is 5.69 Å². The molecule has 2 aromatic carbocycles. The highest BCUT2D eigenvalue weighted by Gasteiger charge is 2.49. The summed E-state index contributed by atoms with van der Waals surface area (Å²) >= 11 is 6.20. The number of aliphatic hydroxyl groups is 1. The van der Waals surface area contributed by atoms with Gasteiger partial charge in [0.2, 0.25) is 0 Å². The molecule has 0 radical (unpaired) electrons. The second-order valence-corrected chi connectivity index (χ2v) is 7.88. The van der Waals surface area contributed by atoms with Crippen LogP contribution in [0.2, 0.25) is 5.02 Å². The molecule has 0 saturated carbocycles. The van der Waals surface area contributed by atoms with Crippen LogP contribution < -0.4 is 19.1 Å². The number of aryl methyl sites for hydroxylation is 1. The third kappa shape index (κ3) is 3.76.